The van der Waals surface area contributed by atoms with Crippen LogP contribution in [0.2, 0.25) is 0 Å². The molecule has 0 spiro atoms. The fourth-order valence-electron chi connectivity index (χ4n) is 2.98. The summed E-state index contributed by atoms with van der Waals surface area (Å²) in [5, 5.41) is 12.7. The molecule has 2 N–H and O–H groups in total. The first-order valence-electron chi connectivity index (χ1n) is 8.45. The van der Waals surface area contributed by atoms with Gasteiger partial charge in [0.15, 0.2) is 11.5 Å². The van der Waals surface area contributed by atoms with Crippen LogP contribution in [0, 0.1) is 0 Å². The lowest BCUT2D eigenvalue weighted by atomic mass is 9.90. The van der Waals surface area contributed by atoms with Crippen molar-refractivity contribution in [1.29, 1.82) is 0 Å². The number of benzene rings is 1. The van der Waals surface area contributed by atoms with E-state index in [4.69, 9.17) is 4.74 Å². The Morgan fingerprint density at radius 1 is 1.39 bits per heavy atom. The molecule has 1 aromatic rings. The molecule has 4 heteroatoms. The largest absolute Gasteiger partial charge is 0.504 e. The van der Waals surface area contributed by atoms with Gasteiger partial charge in [-0.2, -0.15) is 0 Å². The predicted octanol–water partition coefficient (Wildman–Crippen LogP) is 3.73. The number of carbonyl (C=O) groups excluding carboxylic acids is 1. The third-order valence-corrected chi connectivity index (χ3v) is 4.32. The van der Waals surface area contributed by atoms with E-state index in [1.807, 2.05) is 0 Å². The Bertz CT molecular complexity index is 556. The number of methoxy groups -OCH3 is 1. The van der Waals surface area contributed by atoms with E-state index in [1.54, 1.807) is 23.8 Å². The number of aromatic hydroxyl groups is 1. The third kappa shape index (κ3) is 5.31. The van der Waals surface area contributed by atoms with Crippen LogP contribution in [0.25, 0.3) is 0 Å². The smallest absolute Gasteiger partial charge is 0.224 e. The molecule has 1 fully saturated rings. The predicted molar refractivity (Wildman–Crippen MR) is 91.8 cm³/mol. The van der Waals surface area contributed by atoms with Crippen LogP contribution >= 0.6 is 0 Å². The van der Waals surface area contributed by atoms with E-state index in [0.717, 1.165) is 37.7 Å². The van der Waals surface area contributed by atoms with Gasteiger partial charge in [0.05, 0.1) is 13.5 Å². The van der Waals surface area contributed by atoms with E-state index in [9.17, 15) is 9.90 Å². The van der Waals surface area contributed by atoms with Gasteiger partial charge < -0.3 is 15.2 Å². The van der Waals surface area contributed by atoms with E-state index >= 15 is 0 Å². The van der Waals surface area contributed by atoms with Gasteiger partial charge in [0.25, 0.3) is 0 Å². The number of hydrogen-bond donors (Lipinski definition) is 2. The molecule has 0 unspecified atom stereocenters. The normalized spacial score (nSPS) is 17.7. The van der Waals surface area contributed by atoms with E-state index < -0.39 is 0 Å². The van der Waals surface area contributed by atoms with E-state index in [0.29, 0.717) is 12.2 Å². The number of ether oxygens (including phenoxy) is 1. The zero-order valence-corrected chi connectivity index (χ0v) is 14.1. The number of phenolic OH excluding ortho intramolecular Hbond substituents is 1. The Morgan fingerprint density at radius 3 is 2.78 bits per heavy atom. The first-order chi connectivity index (χ1) is 11.1. The molecule has 0 bridgehead atoms. The van der Waals surface area contributed by atoms with Crippen molar-refractivity contribution in [3.05, 3.63) is 35.4 Å². The molecule has 0 saturated heterocycles. The Morgan fingerprint density at radius 2 is 2.13 bits per heavy atom. The van der Waals surface area contributed by atoms with Crippen molar-refractivity contribution in [3.63, 3.8) is 0 Å². The number of rotatable bonds is 6. The molecule has 1 amide bonds. The molecule has 0 aliphatic heterocycles. The van der Waals surface area contributed by atoms with E-state index in [1.165, 1.54) is 13.5 Å². The molecule has 0 heterocycles. The van der Waals surface area contributed by atoms with Gasteiger partial charge in [-0.25, -0.2) is 0 Å². The van der Waals surface area contributed by atoms with Gasteiger partial charge in [-0.15, -0.1) is 0 Å². The van der Waals surface area contributed by atoms with E-state index in [2.05, 4.69) is 18.3 Å². The molecule has 23 heavy (non-hydrogen) atoms. The lowest BCUT2D eigenvalue weighted by molar-refractivity contribution is -0.121. The number of unbranched alkanes of at least 4 members (excludes halogenated alkanes) is 1. The van der Waals surface area contributed by atoms with Crippen LogP contribution in [0.3, 0.4) is 0 Å². The molecule has 1 saturated carbocycles. The van der Waals surface area contributed by atoms with Gasteiger partial charge in [0.2, 0.25) is 5.91 Å². The lowest BCUT2D eigenvalue weighted by Gasteiger charge is -2.25. The fourth-order valence-corrected chi connectivity index (χ4v) is 2.98. The maximum absolute atomic E-state index is 12.2. The van der Waals surface area contributed by atoms with Crippen LogP contribution in [-0.4, -0.2) is 24.2 Å². The highest BCUT2D eigenvalue weighted by Gasteiger charge is 2.18. The summed E-state index contributed by atoms with van der Waals surface area (Å²) in [5.74, 6) is 0.526. The molecule has 1 aromatic carbocycles. The Kier molecular flexibility index (Phi) is 6.51. The Labute approximate surface area is 138 Å². The van der Waals surface area contributed by atoms with Crippen molar-refractivity contribution in [3.8, 4) is 11.5 Å². The number of hydrogen-bond acceptors (Lipinski definition) is 3. The third-order valence-electron chi connectivity index (χ3n) is 4.32. The number of allylic oxidation sites excluding steroid dienone is 2. The summed E-state index contributed by atoms with van der Waals surface area (Å²) in [6.07, 6.45) is 9.28. The first kappa shape index (κ1) is 17.4. The number of carbonyl (C=O) groups is 1. The fraction of sp³-hybridized carbons (Fsp3) is 0.526. The van der Waals surface area contributed by atoms with Gasteiger partial charge >= 0.3 is 0 Å². The minimum absolute atomic E-state index is 0.0312. The minimum Gasteiger partial charge on any atom is -0.504 e. The highest BCUT2D eigenvalue weighted by molar-refractivity contribution is 5.79. The monoisotopic (exact) mass is 317 g/mol. The molecule has 126 valence electrons. The first-order valence-corrected chi connectivity index (χ1v) is 8.45. The Hall–Kier alpha value is -1.97. The van der Waals surface area contributed by atoms with Gasteiger partial charge in [0, 0.05) is 6.04 Å². The molecule has 2 rings (SSSR count). The molecular weight excluding hydrogens is 290 g/mol. The second kappa shape index (κ2) is 8.61. The van der Waals surface area contributed by atoms with Gasteiger partial charge in [-0.1, -0.05) is 31.1 Å². The summed E-state index contributed by atoms with van der Waals surface area (Å²) in [7, 11) is 1.50. The molecule has 0 radical (unpaired) electrons. The highest BCUT2D eigenvalue weighted by atomic mass is 16.5. The summed E-state index contributed by atoms with van der Waals surface area (Å²) < 4.78 is 5.07. The Balaban J connectivity index is 1.82. The van der Waals surface area contributed by atoms with Crippen LogP contribution in [0.4, 0.5) is 0 Å². The SMILES string of the molecule is CCCC=C1CCC(NC(=O)Cc2ccc(O)c(OC)c2)CC1. The zero-order valence-electron chi connectivity index (χ0n) is 14.1. The van der Waals surface area contributed by atoms with Crippen molar-refractivity contribution in [2.24, 2.45) is 0 Å². The van der Waals surface area contributed by atoms with Crippen molar-refractivity contribution in [1.82, 2.24) is 5.32 Å². The van der Waals surface area contributed by atoms with Crippen molar-refractivity contribution >= 4 is 5.91 Å². The topological polar surface area (TPSA) is 58.6 Å². The number of phenols is 1. The molecule has 0 atom stereocenters. The van der Waals surface area contributed by atoms with Crippen LogP contribution in [0.15, 0.2) is 29.8 Å². The summed E-state index contributed by atoms with van der Waals surface area (Å²) >= 11 is 0. The summed E-state index contributed by atoms with van der Waals surface area (Å²) in [6, 6.07) is 5.30. The lowest BCUT2D eigenvalue weighted by Crippen LogP contribution is -2.37. The molecule has 0 aromatic heterocycles. The molecule has 4 nitrogen and oxygen atoms in total. The quantitative estimate of drug-likeness (QED) is 0.786. The van der Waals surface area contributed by atoms with Crippen LogP contribution in [-0.2, 0) is 11.2 Å². The average Bonchev–Trinajstić information content (AvgIpc) is 2.56. The summed E-state index contributed by atoms with van der Waals surface area (Å²) in [4.78, 5) is 12.2. The highest BCUT2D eigenvalue weighted by Crippen LogP contribution is 2.27. The summed E-state index contributed by atoms with van der Waals surface area (Å²) in [5.41, 5.74) is 2.39. The summed E-state index contributed by atoms with van der Waals surface area (Å²) in [6.45, 7) is 2.20. The second-order valence-corrected chi connectivity index (χ2v) is 6.18. The molecule has 1 aliphatic rings. The van der Waals surface area contributed by atoms with Crippen LogP contribution in [0.1, 0.15) is 51.0 Å². The van der Waals surface area contributed by atoms with Crippen molar-refractivity contribution in [2.45, 2.75) is 57.9 Å². The molecular formula is C19H27NO3. The van der Waals surface area contributed by atoms with Crippen molar-refractivity contribution < 1.29 is 14.6 Å². The zero-order chi connectivity index (χ0) is 16.7. The van der Waals surface area contributed by atoms with Gasteiger partial charge in [-0.3, -0.25) is 4.79 Å². The maximum atomic E-state index is 12.2. The maximum Gasteiger partial charge on any atom is 0.224 e. The van der Waals surface area contributed by atoms with Crippen LogP contribution < -0.4 is 10.1 Å². The minimum atomic E-state index is 0.0312. The van der Waals surface area contributed by atoms with Gasteiger partial charge in [0.1, 0.15) is 0 Å². The average molecular weight is 317 g/mol. The van der Waals surface area contributed by atoms with Crippen molar-refractivity contribution in [2.75, 3.05) is 7.11 Å². The van der Waals surface area contributed by atoms with Crippen LogP contribution in [0.5, 0.6) is 11.5 Å². The number of nitrogens with one attached hydrogen (secondary N) is 1. The standard InChI is InChI=1S/C19H27NO3/c1-3-4-5-14-6-9-16(10-7-14)20-19(22)13-15-8-11-17(21)18(12-15)23-2/h5,8,11-12,16,21H,3-4,6-7,9-10,13H2,1-2H3,(H,20,22). The van der Waals surface area contributed by atoms with Gasteiger partial charge in [-0.05, 0) is 49.8 Å². The number of amides is 1. The van der Waals surface area contributed by atoms with E-state index in [-0.39, 0.29) is 17.7 Å². The second-order valence-electron chi connectivity index (χ2n) is 6.18. The molecule has 1 aliphatic carbocycles.